The highest BCUT2D eigenvalue weighted by atomic mass is 32.1. The highest BCUT2D eigenvalue weighted by molar-refractivity contribution is 7.09. The van der Waals surface area contributed by atoms with Gasteiger partial charge in [0.2, 0.25) is 0 Å². The zero-order valence-corrected chi connectivity index (χ0v) is 15.9. The SMILES string of the molecule is CC(CN(C)CC(O)c1csc(C(F)(F)F)n1)c1ccc(OCCO)cc1. The van der Waals surface area contributed by atoms with Gasteiger partial charge in [-0.05, 0) is 30.7 Å². The number of aliphatic hydroxyl groups is 2. The van der Waals surface area contributed by atoms with Crippen molar-refractivity contribution >= 4 is 11.3 Å². The second-order valence-corrected chi connectivity index (χ2v) is 7.21. The molecule has 0 aliphatic carbocycles. The van der Waals surface area contributed by atoms with E-state index in [4.69, 9.17) is 9.84 Å². The van der Waals surface area contributed by atoms with E-state index in [-0.39, 0.29) is 31.4 Å². The summed E-state index contributed by atoms with van der Waals surface area (Å²) in [4.78, 5) is 5.35. The minimum Gasteiger partial charge on any atom is -0.491 e. The average Bonchev–Trinajstić information content (AvgIpc) is 3.11. The third-order valence-electron chi connectivity index (χ3n) is 3.99. The van der Waals surface area contributed by atoms with Gasteiger partial charge in [-0.25, -0.2) is 4.98 Å². The second kappa shape index (κ2) is 9.50. The highest BCUT2D eigenvalue weighted by Crippen LogP contribution is 2.33. The van der Waals surface area contributed by atoms with Crippen LogP contribution in [-0.2, 0) is 6.18 Å². The van der Waals surface area contributed by atoms with Crippen molar-refractivity contribution in [2.75, 3.05) is 33.4 Å². The molecule has 9 heteroatoms. The van der Waals surface area contributed by atoms with Gasteiger partial charge in [0.1, 0.15) is 18.5 Å². The third-order valence-corrected chi connectivity index (χ3v) is 4.89. The summed E-state index contributed by atoms with van der Waals surface area (Å²) in [6, 6.07) is 7.50. The summed E-state index contributed by atoms with van der Waals surface area (Å²) in [5.74, 6) is 0.822. The van der Waals surface area contributed by atoms with Crippen LogP contribution in [0.1, 0.15) is 35.2 Å². The molecule has 0 amide bonds. The largest absolute Gasteiger partial charge is 0.491 e. The van der Waals surface area contributed by atoms with Crippen molar-refractivity contribution in [2.45, 2.75) is 25.1 Å². The number of thiazole rings is 1. The molecule has 0 bridgehead atoms. The maximum atomic E-state index is 12.6. The number of hydrogen-bond donors (Lipinski definition) is 2. The van der Waals surface area contributed by atoms with E-state index < -0.39 is 17.3 Å². The maximum absolute atomic E-state index is 12.6. The molecule has 5 nitrogen and oxygen atoms in total. The summed E-state index contributed by atoms with van der Waals surface area (Å²) in [5.41, 5.74) is 1.11. The summed E-state index contributed by atoms with van der Waals surface area (Å²) >= 11 is 0.487. The van der Waals surface area contributed by atoms with Crippen molar-refractivity contribution < 1.29 is 28.1 Å². The Morgan fingerprint density at radius 1 is 1.22 bits per heavy atom. The van der Waals surface area contributed by atoms with Crippen LogP contribution < -0.4 is 4.74 Å². The van der Waals surface area contributed by atoms with E-state index in [2.05, 4.69) is 4.98 Å². The Morgan fingerprint density at radius 2 is 1.89 bits per heavy atom. The molecule has 0 fully saturated rings. The van der Waals surface area contributed by atoms with Gasteiger partial charge < -0.3 is 19.8 Å². The van der Waals surface area contributed by atoms with Crippen LogP contribution in [-0.4, -0.2) is 53.4 Å². The number of rotatable bonds is 9. The zero-order valence-electron chi connectivity index (χ0n) is 15.1. The van der Waals surface area contributed by atoms with Crippen LogP contribution in [0, 0.1) is 0 Å². The molecular formula is C18H23F3N2O3S. The van der Waals surface area contributed by atoms with Gasteiger partial charge in [0.15, 0.2) is 5.01 Å². The van der Waals surface area contributed by atoms with Crippen molar-refractivity contribution in [2.24, 2.45) is 0 Å². The lowest BCUT2D eigenvalue weighted by Crippen LogP contribution is -2.28. The van der Waals surface area contributed by atoms with Gasteiger partial charge in [-0.15, -0.1) is 11.3 Å². The fourth-order valence-electron chi connectivity index (χ4n) is 2.66. The van der Waals surface area contributed by atoms with Crippen LogP contribution in [0.2, 0.25) is 0 Å². The summed E-state index contributed by atoms with van der Waals surface area (Å²) < 4.78 is 43.2. The lowest BCUT2D eigenvalue weighted by atomic mass is 10.0. The Labute approximate surface area is 160 Å². The van der Waals surface area contributed by atoms with Crippen LogP contribution in [0.15, 0.2) is 29.6 Å². The first kappa shape index (κ1) is 21.6. The van der Waals surface area contributed by atoms with Crippen LogP contribution in [0.3, 0.4) is 0 Å². The van der Waals surface area contributed by atoms with Gasteiger partial charge in [0, 0.05) is 18.5 Å². The Hall–Kier alpha value is -1.68. The molecular weight excluding hydrogens is 381 g/mol. The van der Waals surface area contributed by atoms with Crippen LogP contribution in [0.25, 0.3) is 0 Å². The average molecular weight is 404 g/mol. The molecule has 2 aromatic rings. The van der Waals surface area contributed by atoms with Crippen molar-refractivity contribution in [3.63, 3.8) is 0 Å². The highest BCUT2D eigenvalue weighted by Gasteiger charge is 2.35. The minimum atomic E-state index is -4.49. The van der Waals surface area contributed by atoms with E-state index >= 15 is 0 Å². The number of nitrogens with zero attached hydrogens (tertiary/aromatic N) is 2. The number of likely N-dealkylation sites (N-methyl/N-ethyl adjacent to an activating group) is 1. The fourth-order valence-corrected chi connectivity index (χ4v) is 3.40. The lowest BCUT2D eigenvalue weighted by Gasteiger charge is -2.23. The second-order valence-electron chi connectivity index (χ2n) is 6.35. The standard InChI is InChI=1S/C18H23F3N2O3S/c1-12(13-3-5-14(6-4-13)26-8-7-24)9-23(2)10-16(25)15-11-27-17(22-15)18(19,20)21/h3-6,11-12,16,24-25H,7-10H2,1-2H3. The Morgan fingerprint density at radius 3 is 2.44 bits per heavy atom. The van der Waals surface area contributed by atoms with E-state index in [0.29, 0.717) is 23.6 Å². The van der Waals surface area contributed by atoms with Crippen molar-refractivity contribution in [3.8, 4) is 5.75 Å². The molecule has 2 unspecified atom stereocenters. The van der Waals surface area contributed by atoms with Gasteiger partial charge in [-0.3, -0.25) is 0 Å². The number of benzene rings is 1. The van der Waals surface area contributed by atoms with E-state index in [0.717, 1.165) is 5.56 Å². The van der Waals surface area contributed by atoms with Crippen LogP contribution in [0.5, 0.6) is 5.75 Å². The molecule has 1 heterocycles. The van der Waals surface area contributed by atoms with Crippen molar-refractivity contribution in [1.29, 1.82) is 0 Å². The number of hydrogen-bond acceptors (Lipinski definition) is 6. The monoisotopic (exact) mass is 404 g/mol. The van der Waals surface area contributed by atoms with E-state index in [1.54, 1.807) is 7.05 Å². The molecule has 0 aliphatic rings. The fraction of sp³-hybridized carbons (Fsp3) is 0.500. The van der Waals surface area contributed by atoms with E-state index in [1.165, 1.54) is 5.38 Å². The molecule has 1 aromatic heterocycles. The normalized spacial score (nSPS) is 14.4. The Bertz CT molecular complexity index is 707. The van der Waals surface area contributed by atoms with Crippen molar-refractivity contribution in [1.82, 2.24) is 9.88 Å². The predicted molar refractivity (Wildman–Crippen MR) is 97.0 cm³/mol. The van der Waals surface area contributed by atoms with Crippen molar-refractivity contribution in [3.05, 3.63) is 45.9 Å². The van der Waals surface area contributed by atoms with Gasteiger partial charge in [0.25, 0.3) is 0 Å². The molecule has 0 saturated heterocycles. The third kappa shape index (κ3) is 6.46. The molecule has 1 aromatic carbocycles. The summed E-state index contributed by atoms with van der Waals surface area (Å²) in [7, 11) is 1.80. The van der Waals surface area contributed by atoms with Crippen LogP contribution in [0.4, 0.5) is 13.2 Å². The van der Waals surface area contributed by atoms with Gasteiger partial charge in [0.05, 0.1) is 12.3 Å². The number of aliphatic hydroxyl groups excluding tert-OH is 2. The first-order valence-corrected chi connectivity index (χ1v) is 9.31. The summed E-state index contributed by atoms with van der Waals surface area (Å²) in [6.07, 6.45) is -5.57. The van der Waals surface area contributed by atoms with E-state index in [9.17, 15) is 18.3 Å². The lowest BCUT2D eigenvalue weighted by molar-refractivity contribution is -0.137. The number of alkyl halides is 3. The smallest absolute Gasteiger partial charge is 0.443 e. The number of halogens is 3. The molecule has 27 heavy (non-hydrogen) atoms. The van der Waals surface area contributed by atoms with Gasteiger partial charge >= 0.3 is 6.18 Å². The van der Waals surface area contributed by atoms with E-state index in [1.807, 2.05) is 36.1 Å². The molecule has 2 N–H and O–H groups in total. The summed E-state index contributed by atoms with van der Waals surface area (Å²) in [5, 5.41) is 19.2. The molecule has 2 rings (SSSR count). The Balaban J connectivity index is 1.88. The first-order valence-electron chi connectivity index (χ1n) is 8.43. The number of ether oxygens (including phenoxy) is 1. The molecule has 0 spiro atoms. The Kier molecular flexibility index (Phi) is 7.60. The zero-order chi connectivity index (χ0) is 20.0. The quantitative estimate of drug-likeness (QED) is 0.671. The maximum Gasteiger partial charge on any atom is 0.443 e. The summed E-state index contributed by atoms with van der Waals surface area (Å²) in [6.45, 7) is 3.02. The molecule has 150 valence electrons. The topological polar surface area (TPSA) is 65.8 Å². The molecule has 0 aliphatic heterocycles. The first-order chi connectivity index (χ1) is 12.7. The predicted octanol–water partition coefficient (Wildman–Crippen LogP) is 3.30. The van der Waals surface area contributed by atoms with Gasteiger partial charge in [-0.2, -0.15) is 13.2 Å². The molecule has 2 atom stereocenters. The van der Waals surface area contributed by atoms with Gasteiger partial charge in [-0.1, -0.05) is 19.1 Å². The molecule has 0 saturated carbocycles. The number of aromatic nitrogens is 1. The molecule has 0 radical (unpaired) electrons. The minimum absolute atomic E-state index is 0.0391. The van der Waals surface area contributed by atoms with Crippen LogP contribution >= 0.6 is 11.3 Å².